The molecule has 0 aliphatic carbocycles. The zero-order chi connectivity index (χ0) is 18.1. The first-order valence-corrected chi connectivity index (χ1v) is 10.1. The van der Waals surface area contributed by atoms with E-state index in [1.54, 1.807) is 11.3 Å². The van der Waals surface area contributed by atoms with Crippen LogP contribution in [-0.4, -0.2) is 40.4 Å². The molecule has 9 heteroatoms. The van der Waals surface area contributed by atoms with E-state index >= 15 is 0 Å². The van der Waals surface area contributed by atoms with Crippen LogP contribution in [0.4, 0.5) is 0 Å². The second kappa shape index (κ2) is 8.26. The molecule has 1 fully saturated rings. The Morgan fingerprint density at radius 1 is 1.48 bits per heavy atom. The monoisotopic (exact) mass is 411 g/mol. The predicted molar refractivity (Wildman–Crippen MR) is 107 cm³/mol. The van der Waals surface area contributed by atoms with Gasteiger partial charge >= 0.3 is 0 Å². The number of fused-ring (bicyclic) bond motifs is 2. The number of hydrogen-bond acceptors (Lipinski definition) is 6. The summed E-state index contributed by atoms with van der Waals surface area (Å²) in [6.07, 6.45) is 4.35. The van der Waals surface area contributed by atoms with Gasteiger partial charge < -0.3 is 15.4 Å². The number of carbonyl (C=O) groups excluding carboxylic acids is 1. The number of rotatable bonds is 4. The van der Waals surface area contributed by atoms with Gasteiger partial charge in [0, 0.05) is 11.4 Å². The molecule has 0 bridgehead atoms. The molecule has 0 saturated carbocycles. The number of aromatic nitrogens is 3. The van der Waals surface area contributed by atoms with Crippen molar-refractivity contribution in [1.82, 2.24) is 25.4 Å². The molecule has 0 radical (unpaired) electrons. The lowest BCUT2D eigenvalue weighted by molar-refractivity contribution is -0.0771. The Hall–Kier alpha value is -1.48. The number of carbonyl (C=O) groups is 1. The van der Waals surface area contributed by atoms with Crippen LogP contribution in [0.3, 0.4) is 0 Å². The van der Waals surface area contributed by atoms with Gasteiger partial charge in [-0.15, -0.1) is 23.7 Å². The first-order valence-electron chi connectivity index (χ1n) is 9.29. The molecule has 4 rings (SSSR count). The molecule has 2 aliphatic heterocycles. The summed E-state index contributed by atoms with van der Waals surface area (Å²) in [5.74, 6) is 0.729. The van der Waals surface area contributed by atoms with E-state index in [0.717, 1.165) is 56.2 Å². The van der Waals surface area contributed by atoms with Crippen LogP contribution in [0.25, 0.3) is 0 Å². The highest BCUT2D eigenvalue weighted by molar-refractivity contribution is 7.14. The fourth-order valence-electron chi connectivity index (χ4n) is 3.92. The van der Waals surface area contributed by atoms with Crippen molar-refractivity contribution in [2.45, 2.75) is 51.3 Å². The molecule has 2 aromatic heterocycles. The molecule has 1 spiro atoms. The zero-order valence-corrected chi connectivity index (χ0v) is 17.3. The summed E-state index contributed by atoms with van der Waals surface area (Å²) in [4.78, 5) is 19.1. The lowest BCUT2D eigenvalue weighted by atomic mass is 9.86. The van der Waals surface area contributed by atoms with Crippen LogP contribution >= 0.6 is 23.7 Å². The highest BCUT2D eigenvalue weighted by Gasteiger charge is 2.41. The van der Waals surface area contributed by atoms with Crippen LogP contribution in [-0.2, 0) is 23.3 Å². The van der Waals surface area contributed by atoms with E-state index in [9.17, 15) is 4.79 Å². The molecule has 0 aromatic carbocycles. The van der Waals surface area contributed by atoms with Gasteiger partial charge in [-0.1, -0.05) is 0 Å². The Kier molecular flexibility index (Phi) is 6.20. The van der Waals surface area contributed by atoms with Crippen LogP contribution in [0.15, 0.2) is 12.4 Å². The second-order valence-corrected chi connectivity index (χ2v) is 7.99. The van der Waals surface area contributed by atoms with Crippen molar-refractivity contribution in [3.05, 3.63) is 33.5 Å². The van der Waals surface area contributed by atoms with Crippen molar-refractivity contribution in [3.63, 3.8) is 0 Å². The van der Waals surface area contributed by atoms with Gasteiger partial charge in [-0.3, -0.25) is 4.79 Å². The number of nitrogens with one attached hydrogen (secondary N) is 2. The third-order valence-corrected chi connectivity index (χ3v) is 6.65. The minimum absolute atomic E-state index is 0. The maximum Gasteiger partial charge on any atom is 0.261 e. The molecule has 148 valence electrons. The summed E-state index contributed by atoms with van der Waals surface area (Å²) in [7, 11) is 0. The van der Waals surface area contributed by atoms with E-state index in [4.69, 9.17) is 4.74 Å². The average Bonchev–Trinajstić information content (AvgIpc) is 3.30. The van der Waals surface area contributed by atoms with E-state index in [2.05, 4.69) is 26.8 Å². The first kappa shape index (κ1) is 20.3. The smallest absolute Gasteiger partial charge is 0.261 e. The van der Waals surface area contributed by atoms with Gasteiger partial charge in [-0.2, -0.15) is 5.10 Å². The molecule has 2 N–H and O–H groups in total. The van der Waals surface area contributed by atoms with Crippen LogP contribution in [0.2, 0.25) is 0 Å². The molecular formula is C18H26ClN5O2S. The number of halogens is 1. The molecule has 1 unspecified atom stereocenters. The van der Waals surface area contributed by atoms with E-state index in [-0.39, 0.29) is 30.0 Å². The van der Waals surface area contributed by atoms with Crippen molar-refractivity contribution in [3.8, 4) is 0 Å². The summed E-state index contributed by atoms with van der Waals surface area (Å²) in [6, 6.07) is 1.87. The van der Waals surface area contributed by atoms with Gasteiger partial charge in [0.15, 0.2) is 0 Å². The third-order valence-electron chi connectivity index (χ3n) is 5.29. The lowest BCUT2D eigenvalue weighted by Gasteiger charge is -2.40. The topological polar surface area (TPSA) is 81.1 Å². The molecule has 1 atom stereocenters. The van der Waals surface area contributed by atoms with Gasteiger partial charge in [0.25, 0.3) is 5.91 Å². The van der Waals surface area contributed by atoms with E-state index in [1.807, 2.05) is 18.5 Å². The van der Waals surface area contributed by atoms with Crippen molar-refractivity contribution >= 4 is 29.7 Å². The highest BCUT2D eigenvalue weighted by atomic mass is 35.5. The zero-order valence-electron chi connectivity index (χ0n) is 15.7. The van der Waals surface area contributed by atoms with Gasteiger partial charge in [0.05, 0.1) is 17.5 Å². The fourth-order valence-corrected chi connectivity index (χ4v) is 5.23. The van der Waals surface area contributed by atoms with Gasteiger partial charge in [-0.05, 0) is 57.8 Å². The Morgan fingerprint density at radius 2 is 2.26 bits per heavy atom. The third kappa shape index (κ3) is 3.76. The standard InChI is InChI=1S/C18H25N5O2S.ClH/c1-3-23-16(20-11-21-23)12(2)22-17(24)14-10-13-4-9-25-18(15(13)26-14)5-7-19-8-6-18;/h10-12,19H,3-9H2,1-2H3,(H,22,24);1H. The number of ether oxygens (including phenoxy) is 1. The van der Waals surface area contributed by atoms with Gasteiger partial charge in [0.2, 0.25) is 0 Å². The van der Waals surface area contributed by atoms with E-state index in [1.165, 1.54) is 16.8 Å². The first-order chi connectivity index (χ1) is 12.6. The van der Waals surface area contributed by atoms with Crippen LogP contribution < -0.4 is 10.6 Å². The number of nitrogens with zero attached hydrogens (tertiary/aromatic N) is 3. The van der Waals surface area contributed by atoms with Crippen molar-refractivity contribution in [2.75, 3.05) is 19.7 Å². The molecular weight excluding hydrogens is 386 g/mol. The SMILES string of the molecule is CCn1ncnc1C(C)NC(=O)c1cc2c(s1)C1(CCNCC1)OCC2.Cl. The fraction of sp³-hybridized carbons (Fsp3) is 0.611. The highest BCUT2D eigenvalue weighted by Crippen LogP contribution is 2.44. The Labute approximate surface area is 169 Å². The summed E-state index contributed by atoms with van der Waals surface area (Å²) in [5.41, 5.74) is 1.08. The van der Waals surface area contributed by atoms with Crippen molar-refractivity contribution < 1.29 is 9.53 Å². The van der Waals surface area contributed by atoms with Gasteiger partial charge in [0.1, 0.15) is 17.8 Å². The number of piperidine rings is 1. The molecule has 7 nitrogen and oxygen atoms in total. The minimum atomic E-state index is -0.198. The second-order valence-electron chi connectivity index (χ2n) is 6.94. The Balaban J connectivity index is 0.00000210. The maximum absolute atomic E-state index is 12.8. The predicted octanol–water partition coefficient (Wildman–Crippen LogP) is 2.42. The van der Waals surface area contributed by atoms with Crippen molar-refractivity contribution in [1.29, 1.82) is 0 Å². The van der Waals surface area contributed by atoms with Gasteiger partial charge in [-0.25, -0.2) is 9.67 Å². The van der Waals surface area contributed by atoms with Crippen LogP contribution in [0, 0.1) is 0 Å². The van der Waals surface area contributed by atoms with Crippen LogP contribution in [0.5, 0.6) is 0 Å². The molecule has 4 heterocycles. The number of aryl methyl sites for hydroxylation is 1. The normalized spacial score (nSPS) is 19.2. The molecule has 2 aliphatic rings. The molecule has 1 amide bonds. The molecule has 1 saturated heterocycles. The summed E-state index contributed by atoms with van der Waals surface area (Å²) >= 11 is 1.59. The number of thiophene rings is 1. The molecule has 2 aromatic rings. The number of hydrogen-bond donors (Lipinski definition) is 2. The Morgan fingerprint density at radius 3 is 3.00 bits per heavy atom. The van der Waals surface area contributed by atoms with Crippen molar-refractivity contribution in [2.24, 2.45) is 0 Å². The summed E-state index contributed by atoms with van der Waals surface area (Å²) in [6.45, 7) is 7.35. The average molecular weight is 412 g/mol. The molecule has 27 heavy (non-hydrogen) atoms. The largest absolute Gasteiger partial charge is 0.369 e. The lowest BCUT2D eigenvalue weighted by Crippen LogP contribution is -2.43. The summed E-state index contributed by atoms with van der Waals surface area (Å²) in [5, 5.41) is 10.6. The van der Waals surface area contributed by atoms with E-state index in [0.29, 0.717) is 0 Å². The Bertz CT molecular complexity index is 800. The quantitative estimate of drug-likeness (QED) is 0.807. The minimum Gasteiger partial charge on any atom is -0.369 e. The maximum atomic E-state index is 12.8. The summed E-state index contributed by atoms with van der Waals surface area (Å²) < 4.78 is 8.02. The number of amides is 1. The van der Waals surface area contributed by atoms with E-state index < -0.39 is 0 Å². The van der Waals surface area contributed by atoms with Crippen LogP contribution in [0.1, 0.15) is 58.7 Å².